The Morgan fingerprint density at radius 1 is 1.28 bits per heavy atom. The maximum Gasteiger partial charge on any atom is 0.258 e. The van der Waals surface area contributed by atoms with E-state index >= 15 is 0 Å². The fraction of sp³-hybridized carbons (Fsp3) is 0.100. The fourth-order valence-electron chi connectivity index (χ4n) is 2.71. The van der Waals surface area contributed by atoms with Crippen LogP contribution >= 0.6 is 11.6 Å². The monoisotopic (exact) mass is 411 g/mol. The first-order valence-corrected chi connectivity index (χ1v) is 9.03. The van der Waals surface area contributed by atoms with Gasteiger partial charge >= 0.3 is 0 Å². The molecule has 0 saturated carbocycles. The van der Waals surface area contributed by atoms with E-state index in [4.69, 9.17) is 16.1 Å². The number of aromatic nitrogens is 4. The zero-order chi connectivity index (χ0) is 20.4. The minimum Gasteiger partial charge on any atom is -0.334 e. The molecule has 0 aliphatic heterocycles. The first kappa shape index (κ1) is 18.8. The van der Waals surface area contributed by atoms with Crippen molar-refractivity contribution in [2.75, 3.05) is 5.32 Å². The Morgan fingerprint density at radius 3 is 2.97 bits per heavy atom. The third-order valence-corrected chi connectivity index (χ3v) is 4.39. The fourth-order valence-corrected chi connectivity index (χ4v) is 2.88. The Bertz CT molecular complexity index is 1190. The van der Waals surface area contributed by atoms with Crippen molar-refractivity contribution in [1.29, 1.82) is 0 Å². The zero-order valence-corrected chi connectivity index (χ0v) is 16.0. The molecular formula is C20H15ClFN5O2. The first-order valence-electron chi connectivity index (χ1n) is 8.66. The first-order chi connectivity index (χ1) is 14.0. The predicted octanol–water partition coefficient (Wildman–Crippen LogP) is 4.34. The van der Waals surface area contributed by atoms with Crippen molar-refractivity contribution in [3.8, 4) is 23.0 Å². The van der Waals surface area contributed by atoms with Crippen LogP contribution in [0, 0.1) is 12.7 Å². The Morgan fingerprint density at radius 2 is 2.14 bits per heavy atom. The Balaban J connectivity index is 1.46. The molecule has 0 spiro atoms. The number of rotatable bonds is 5. The normalized spacial score (nSPS) is 10.9. The van der Waals surface area contributed by atoms with Crippen molar-refractivity contribution < 1.29 is 13.7 Å². The van der Waals surface area contributed by atoms with Crippen LogP contribution < -0.4 is 5.32 Å². The smallest absolute Gasteiger partial charge is 0.258 e. The van der Waals surface area contributed by atoms with Gasteiger partial charge in [0.25, 0.3) is 5.89 Å². The van der Waals surface area contributed by atoms with Gasteiger partial charge in [0.05, 0.1) is 6.33 Å². The van der Waals surface area contributed by atoms with Gasteiger partial charge in [0.1, 0.15) is 18.1 Å². The van der Waals surface area contributed by atoms with Crippen LogP contribution in [0.5, 0.6) is 0 Å². The van der Waals surface area contributed by atoms with Crippen molar-refractivity contribution in [3.63, 3.8) is 0 Å². The number of carbonyl (C=O) groups excluding carboxylic acids is 1. The number of amides is 1. The largest absolute Gasteiger partial charge is 0.334 e. The number of nitrogens with zero attached hydrogens (tertiary/aromatic N) is 4. The summed E-state index contributed by atoms with van der Waals surface area (Å²) in [5, 5.41) is 7.24. The van der Waals surface area contributed by atoms with Crippen molar-refractivity contribution >= 4 is 23.2 Å². The van der Waals surface area contributed by atoms with Crippen LogP contribution in [0.1, 0.15) is 5.56 Å². The molecule has 4 rings (SSSR count). The molecule has 29 heavy (non-hydrogen) atoms. The average molecular weight is 412 g/mol. The summed E-state index contributed by atoms with van der Waals surface area (Å²) in [6, 6.07) is 11.2. The second kappa shape index (κ2) is 7.84. The van der Waals surface area contributed by atoms with Crippen LogP contribution in [-0.2, 0) is 11.3 Å². The molecule has 0 saturated heterocycles. The summed E-state index contributed by atoms with van der Waals surface area (Å²) in [5.74, 6) is -0.197. The van der Waals surface area contributed by atoms with Gasteiger partial charge in [0.2, 0.25) is 11.7 Å². The number of halogens is 2. The number of anilines is 1. The summed E-state index contributed by atoms with van der Waals surface area (Å²) in [7, 11) is 0. The summed E-state index contributed by atoms with van der Waals surface area (Å²) in [5.41, 5.74) is 2.47. The van der Waals surface area contributed by atoms with E-state index in [9.17, 15) is 9.18 Å². The molecule has 2 aromatic carbocycles. The molecule has 2 heterocycles. The number of hydrogen-bond acceptors (Lipinski definition) is 5. The quantitative estimate of drug-likeness (QED) is 0.528. The number of imidazole rings is 1. The summed E-state index contributed by atoms with van der Waals surface area (Å²) < 4.78 is 20.1. The van der Waals surface area contributed by atoms with E-state index in [-0.39, 0.29) is 24.2 Å². The van der Waals surface area contributed by atoms with Crippen LogP contribution in [0.15, 0.2) is 59.5 Å². The highest BCUT2D eigenvalue weighted by Crippen LogP contribution is 2.22. The second-order valence-corrected chi connectivity index (χ2v) is 6.81. The van der Waals surface area contributed by atoms with Gasteiger partial charge in [-0.3, -0.25) is 4.79 Å². The van der Waals surface area contributed by atoms with Gasteiger partial charge < -0.3 is 14.4 Å². The molecule has 2 aromatic heterocycles. The van der Waals surface area contributed by atoms with Gasteiger partial charge in [0.15, 0.2) is 0 Å². The number of nitrogens with one attached hydrogen (secondary N) is 1. The van der Waals surface area contributed by atoms with E-state index in [1.165, 1.54) is 18.5 Å². The van der Waals surface area contributed by atoms with Crippen LogP contribution in [-0.4, -0.2) is 25.6 Å². The molecule has 7 nitrogen and oxygen atoms in total. The van der Waals surface area contributed by atoms with Crippen LogP contribution in [0.25, 0.3) is 23.0 Å². The molecule has 0 aliphatic rings. The maximum absolute atomic E-state index is 13.4. The minimum absolute atomic E-state index is 0.0492. The number of hydrogen-bond donors (Lipinski definition) is 1. The molecule has 146 valence electrons. The Hall–Kier alpha value is -3.52. The maximum atomic E-state index is 13.4. The lowest BCUT2D eigenvalue weighted by Crippen LogP contribution is -2.18. The van der Waals surface area contributed by atoms with Crippen LogP contribution in [0.4, 0.5) is 10.1 Å². The van der Waals surface area contributed by atoms with Gasteiger partial charge in [-0.25, -0.2) is 9.37 Å². The van der Waals surface area contributed by atoms with Crippen molar-refractivity contribution in [3.05, 3.63) is 71.4 Å². The SMILES string of the molecule is Cc1ccc(Cl)cc1NC(=O)Cn1cnc(-c2noc(-c3cccc(F)c3)n2)c1. The molecule has 1 amide bonds. The molecule has 0 unspecified atom stereocenters. The molecule has 0 fully saturated rings. The Labute approximate surface area is 170 Å². The topological polar surface area (TPSA) is 85.8 Å². The van der Waals surface area contributed by atoms with Crippen LogP contribution in [0.2, 0.25) is 5.02 Å². The highest BCUT2D eigenvalue weighted by atomic mass is 35.5. The van der Waals surface area contributed by atoms with E-state index in [1.807, 2.05) is 13.0 Å². The molecule has 0 bridgehead atoms. The van der Waals surface area contributed by atoms with E-state index in [0.717, 1.165) is 5.56 Å². The van der Waals surface area contributed by atoms with E-state index in [0.29, 0.717) is 22.0 Å². The molecule has 9 heteroatoms. The third-order valence-electron chi connectivity index (χ3n) is 4.16. The molecule has 4 aromatic rings. The lowest BCUT2D eigenvalue weighted by molar-refractivity contribution is -0.116. The van der Waals surface area contributed by atoms with Gasteiger partial charge in [-0.1, -0.05) is 28.9 Å². The van der Waals surface area contributed by atoms with Crippen molar-refractivity contribution in [2.24, 2.45) is 0 Å². The van der Waals surface area contributed by atoms with Crippen molar-refractivity contribution in [1.82, 2.24) is 19.7 Å². The molecule has 1 N–H and O–H groups in total. The van der Waals surface area contributed by atoms with Crippen LogP contribution in [0.3, 0.4) is 0 Å². The highest BCUT2D eigenvalue weighted by Gasteiger charge is 2.14. The van der Waals surface area contributed by atoms with Gasteiger partial charge in [-0.05, 0) is 42.8 Å². The summed E-state index contributed by atoms with van der Waals surface area (Å²) in [4.78, 5) is 20.8. The minimum atomic E-state index is -0.396. The van der Waals surface area contributed by atoms with E-state index in [1.54, 1.807) is 35.0 Å². The third kappa shape index (κ3) is 4.33. The standard InChI is InChI=1S/C20H15ClFN5O2/c1-12-5-6-14(21)8-16(12)24-18(28)10-27-9-17(23-11-27)19-25-20(29-26-19)13-3-2-4-15(22)7-13/h2-9,11H,10H2,1H3,(H,24,28). The molecule has 0 radical (unpaired) electrons. The lowest BCUT2D eigenvalue weighted by Gasteiger charge is -2.09. The Kier molecular flexibility index (Phi) is 5.09. The van der Waals surface area contributed by atoms with Gasteiger partial charge in [-0.2, -0.15) is 4.98 Å². The van der Waals surface area contributed by atoms with E-state index < -0.39 is 5.82 Å². The summed E-state index contributed by atoms with van der Waals surface area (Å²) in [6.45, 7) is 1.93. The molecule has 0 atom stereocenters. The number of benzene rings is 2. The molecule has 0 aliphatic carbocycles. The summed E-state index contributed by atoms with van der Waals surface area (Å²) >= 11 is 5.98. The lowest BCUT2D eigenvalue weighted by atomic mass is 10.2. The average Bonchev–Trinajstić information content (AvgIpc) is 3.34. The zero-order valence-electron chi connectivity index (χ0n) is 15.3. The number of carbonyl (C=O) groups is 1. The van der Waals surface area contributed by atoms with E-state index in [2.05, 4.69) is 20.4 Å². The van der Waals surface area contributed by atoms with Crippen molar-refractivity contribution in [2.45, 2.75) is 13.5 Å². The van der Waals surface area contributed by atoms with Gasteiger partial charge in [0, 0.05) is 22.5 Å². The summed E-state index contributed by atoms with van der Waals surface area (Å²) in [6.07, 6.45) is 3.13. The number of aryl methyl sites for hydroxylation is 1. The highest BCUT2D eigenvalue weighted by molar-refractivity contribution is 6.31. The second-order valence-electron chi connectivity index (χ2n) is 6.37. The van der Waals surface area contributed by atoms with Gasteiger partial charge in [-0.15, -0.1) is 0 Å². The molecular weight excluding hydrogens is 397 g/mol. The predicted molar refractivity (Wildman–Crippen MR) is 106 cm³/mol.